The summed E-state index contributed by atoms with van der Waals surface area (Å²) in [5.41, 5.74) is 2.36. The molecule has 0 radical (unpaired) electrons. The van der Waals surface area contributed by atoms with Gasteiger partial charge in [-0.15, -0.1) is 0 Å². The lowest BCUT2D eigenvalue weighted by Gasteiger charge is -2.09. The van der Waals surface area contributed by atoms with Gasteiger partial charge in [-0.3, -0.25) is 0 Å². The predicted octanol–water partition coefficient (Wildman–Crippen LogP) is 6.75. The number of halogens is 1. The number of hydrogen-bond donors (Lipinski definition) is 0. The van der Waals surface area contributed by atoms with Gasteiger partial charge >= 0.3 is 0 Å². The normalized spacial score (nSPS) is 11.0. The molecule has 2 nitrogen and oxygen atoms in total. The van der Waals surface area contributed by atoms with Crippen LogP contribution in [0.4, 0.5) is 4.39 Å². The van der Waals surface area contributed by atoms with E-state index in [4.69, 9.17) is 0 Å². The summed E-state index contributed by atoms with van der Waals surface area (Å²) in [6.45, 7) is 2.26. The van der Waals surface area contributed by atoms with Crippen molar-refractivity contribution in [2.45, 2.75) is 77.6 Å². The highest BCUT2D eigenvalue weighted by Crippen LogP contribution is 2.24. The number of unbranched alkanes of at least 4 members (excludes halogenated alkanes) is 9. The summed E-state index contributed by atoms with van der Waals surface area (Å²) >= 11 is 0. The molecule has 136 valence electrons. The van der Waals surface area contributed by atoms with Crippen LogP contribution in [0.3, 0.4) is 0 Å². The van der Waals surface area contributed by atoms with Crippen LogP contribution in [0.5, 0.6) is 0 Å². The van der Waals surface area contributed by atoms with Crippen molar-refractivity contribution in [3.8, 4) is 11.3 Å². The zero-order chi connectivity index (χ0) is 17.7. The fourth-order valence-corrected chi connectivity index (χ4v) is 3.24. The van der Waals surface area contributed by atoms with Crippen LogP contribution in [0.2, 0.25) is 0 Å². The number of hydrogen-bond acceptors (Lipinski definition) is 2. The Morgan fingerprint density at radius 3 is 2.16 bits per heavy atom. The first-order valence-corrected chi connectivity index (χ1v) is 9.86. The molecular formula is C22H31FN2. The van der Waals surface area contributed by atoms with E-state index >= 15 is 0 Å². The standard InChI is InChI=1S/C22H31FN2/c1-2-3-4-5-6-7-8-9-10-11-14-19-17-24-18-25-22(19)20-15-12-13-16-21(20)23/h12-13,15-18H,2-11,14H2,1H3. The van der Waals surface area contributed by atoms with Crippen molar-refractivity contribution in [1.29, 1.82) is 0 Å². The lowest BCUT2D eigenvalue weighted by atomic mass is 10.0. The van der Waals surface area contributed by atoms with Crippen LogP contribution >= 0.6 is 0 Å². The third kappa shape index (κ3) is 6.93. The highest BCUT2D eigenvalue weighted by atomic mass is 19.1. The van der Waals surface area contributed by atoms with Gasteiger partial charge in [0.15, 0.2) is 0 Å². The topological polar surface area (TPSA) is 25.8 Å². The molecule has 0 aliphatic carbocycles. The lowest BCUT2D eigenvalue weighted by Crippen LogP contribution is -1.97. The van der Waals surface area contributed by atoms with Crippen LogP contribution in [-0.4, -0.2) is 9.97 Å². The van der Waals surface area contributed by atoms with Crippen LogP contribution in [0.25, 0.3) is 11.3 Å². The molecule has 3 heteroatoms. The van der Waals surface area contributed by atoms with Crippen molar-refractivity contribution in [2.24, 2.45) is 0 Å². The minimum absolute atomic E-state index is 0.217. The molecule has 0 unspecified atom stereocenters. The molecule has 0 amide bonds. The summed E-state index contributed by atoms with van der Waals surface area (Å²) in [6.07, 6.45) is 17.4. The molecular weight excluding hydrogens is 311 g/mol. The lowest BCUT2D eigenvalue weighted by molar-refractivity contribution is 0.556. The zero-order valence-corrected chi connectivity index (χ0v) is 15.5. The molecule has 2 aromatic rings. The quantitative estimate of drug-likeness (QED) is 0.399. The second-order valence-electron chi connectivity index (χ2n) is 6.81. The van der Waals surface area contributed by atoms with E-state index in [0.717, 1.165) is 24.1 Å². The Kier molecular flexibility index (Phi) is 9.17. The van der Waals surface area contributed by atoms with Crippen LogP contribution in [-0.2, 0) is 6.42 Å². The van der Waals surface area contributed by atoms with E-state index in [1.165, 1.54) is 70.2 Å². The minimum Gasteiger partial charge on any atom is -0.244 e. The van der Waals surface area contributed by atoms with Crippen molar-refractivity contribution in [2.75, 3.05) is 0 Å². The Hall–Kier alpha value is -1.77. The Bertz CT molecular complexity index is 612. The van der Waals surface area contributed by atoms with E-state index in [9.17, 15) is 4.39 Å². The van der Waals surface area contributed by atoms with Gasteiger partial charge in [0.25, 0.3) is 0 Å². The number of nitrogens with zero attached hydrogens (tertiary/aromatic N) is 2. The van der Waals surface area contributed by atoms with Gasteiger partial charge in [0, 0.05) is 11.8 Å². The van der Waals surface area contributed by atoms with Crippen LogP contribution < -0.4 is 0 Å². The molecule has 0 saturated carbocycles. The smallest absolute Gasteiger partial charge is 0.132 e. The Morgan fingerprint density at radius 1 is 0.840 bits per heavy atom. The SMILES string of the molecule is CCCCCCCCCCCCc1cncnc1-c1ccccc1F. The number of aromatic nitrogens is 2. The molecule has 0 fully saturated rings. The van der Waals surface area contributed by atoms with E-state index in [-0.39, 0.29) is 5.82 Å². The van der Waals surface area contributed by atoms with Crippen LogP contribution in [0, 0.1) is 5.82 Å². The van der Waals surface area contributed by atoms with E-state index in [2.05, 4.69) is 16.9 Å². The molecule has 0 N–H and O–H groups in total. The summed E-state index contributed by atoms with van der Waals surface area (Å²) < 4.78 is 14.0. The molecule has 1 aromatic heterocycles. The van der Waals surface area contributed by atoms with Crippen molar-refractivity contribution in [3.63, 3.8) is 0 Å². The second-order valence-corrected chi connectivity index (χ2v) is 6.81. The minimum atomic E-state index is -0.217. The zero-order valence-electron chi connectivity index (χ0n) is 15.5. The van der Waals surface area contributed by atoms with E-state index in [1.807, 2.05) is 12.3 Å². The third-order valence-corrected chi connectivity index (χ3v) is 4.72. The monoisotopic (exact) mass is 342 g/mol. The third-order valence-electron chi connectivity index (χ3n) is 4.72. The average Bonchev–Trinajstić information content (AvgIpc) is 2.64. The van der Waals surface area contributed by atoms with E-state index < -0.39 is 0 Å². The molecule has 0 atom stereocenters. The van der Waals surface area contributed by atoms with E-state index in [1.54, 1.807) is 12.1 Å². The number of rotatable bonds is 12. The summed E-state index contributed by atoms with van der Waals surface area (Å²) in [4.78, 5) is 8.45. The summed E-state index contributed by atoms with van der Waals surface area (Å²) in [6, 6.07) is 6.84. The van der Waals surface area contributed by atoms with Gasteiger partial charge in [-0.25, -0.2) is 14.4 Å². The predicted molar refractivity (Wildman–Crippen MR) is 103 cm³/mol. The fraction of sp³-hybridized carbons (Fsp3) is 0.545. The highest BCUT2D eigenvalue weighted by Gasteiger charge is 2.10. The first-order valence-electron chi connectivity index (χ1n) is 9.86. The van der Waals surface area contributed by atoms with Gasteiger partial charge in [0.1, 0.15) is 12.1 Å². The van der Waals surface area contributed by atoms with Crippen LogP contribution in [0.15, 0.2) is 36.8 Å². The molecule has 0 aliphatic heterocycles. The van der Waals surface area contributed by atoms with E-state index in [0.29, 0.717) is 5.56 Å². The van der Waals surface area contributed by atoms with Gasteiger partial charge in [-0.05, 0) is 30.5 Å². The van der Waals surface area contributed by atoms with Gasteiger partial charge in [-0.2, -0.15) is 0 Å². The van der Waals surface area contributed by atoms with Crippen molar-refractivity contribution < 1.29 is 4.39 Å². The van der Waals surface area contributed by atoms with Gasteiger partial charge in [0.05, 0.1) is 5.69 Å². The summed E-state index contributed by atoms with van der Waals surface area (Å²) in [5, 5.41) is 0. The Morgan fingerprint density at radius 2 is 1.48 bits per heavy atom. The molecule has 25 heavy (non-hydrogen) atoms. The highest BCUT2D eigenvalue weighted by molar-refractivity contribution is 5.63. The number of benzene rings is 1. The maximum atomic E-state index is 14.0. The fourth-order valence-electron chi connectivity index (χ4n) is 3.24. The molecule has 1 aromatic carbocycles. The van der Waals surface area contributed by atoms with Gasteiger partial charge < -0.3 is 0 Å². The maximum absolute atomic E-state index is 14.0. The Balaban J connectivity index is 1.71. The summed E-state index contributed by atoms with van der Waals surface area (Å²) in [7, 11) is 0. The van der Waals surface area contributed by atoms with Gasteiger partial charge in [0.2, 0.25) is 0 Å². The molecule has 0 spiro atoms. The summed E-state index contributed by atoms with van der Waals surface area (Å²) in [5.74, 6) is -0.217. The largest absolute Gasteiger partial charge is 0.244 e. The second kappa shape index (κ2) is 11.7. The molecule has 0 bridgehead atoms. The molecule has 0 saturated heterocycles. The van der Waals surface area contributed by atoms with Gasteiger partial charge in [-0.1, -0.05) is 76.8 Å². The van der Waals surface area contributed by atoms with Crippen molar-refractivity contribution in [3.05, 3.63) is 48.2 Å². The Labute approximate surface area is 151 Å². The maximum Gasteiger partial charge on any atom is 0.132 e. The van der Waals surface area contributed by atoms with Crippen molar-refractivity contribution in [1.82, 2.24) is 9.97 Å². The first kappa shape index (κ1) is 19.6. The van der Waals surface area contributed by atoms with Crippen molar-refractivity contribution >= 4 is 0 Å². The number of aryl methyl sites for hydroxylation is 1. The molecule has 0 aliphatic rings. The first-order chi connectivity index (χ1) is 12.3. The average molecular weight is 343 g/mol. The molecule has 2 rings (SSSR count). The van der Waals surface area contributed by atoms with Crippen LogP contribution in [0.1, 0.15) is 76.7 Å². The molecule has 1 heterocycles.